The molecule has 1 aliphatic rings. The first kappa shape index (κ1) is 17.8. The van der Waals surface area contributed by atoms with Crippen LogP contribution in [0.5, 0.6) is 5.75 Å². The highest BCUT2D eigenvalue weighted by molar-refractivity contribution is 5.85. The molecule has 1 atom stereocenters. The Morgan fingerprint density at radius 3 is 2.70 bits per heavy atom. The first-order chi connectivity index (χ1) is 11.3. The van der Waals surface area contributed by atoms with E-state index in [1.54, 1.807) is 12.1 Å². The van der Waals surface area contributed by atoms with E-state index in [1.807, 2.05) is 0 Å². The van der Waals surface area contributed by atoms with Crippen molar-refractivity contribution in [2.45, 2.75) is 44.6 Å². The number of quaternary nitrogens is 1. The van der Waals surface area contributed by atoms with Crippen LogP contribution in [0.3, 0.4) is 0 Å². The Kier molecular flexibility index (Phi) is 7.90. The van der Waals surface area contributed by atoms with Crippen molar-refractivity contribution >= 4 is 5.97 Å². The van der Waals surface area contributed by atoms with Gasteiger partial charge in [-0.2, -0.15) is 0 Å². The molecule has 1 fully saturated rings. The van der Waals surface area contributed by atoms with Gasteiger partial charge in [-0.05, 0) is 68.4 Å². The second-order valence-corrected chi connectivity index (χ2v) is 6.02. The summed E-state index contributed by atoms with van der Waals surface area (Å²) in [5.41, 5.74) is 0.177. The van der Waals surface area contributed by atoms with Crippen molar-refractivity contribution in [1.29, 1.82) is 0 Å². The third-order valence-electron chi connectivity index (χ3n) is 4.11. The van der Waals surface area contributed by atoms with Gasteiger partial charge in [0.25, 0.3) is 0 Å². The minimum atomic E-state index is -1.16. The molecule has 23 heavy (non-hydrogen) atoms. The fourth-order valence-electron chi connectivity index (χ4n) is 2.76. The molecule has 0 bridgehead atoms. The van der Waals surface area contributed by atoms with Gasteiger partial charge in [0.2, 0.25) is 0 Å². The fraction of sp³-hybridized carbons (Fsp3) is 0.611. The van der Waals surface area contributed by atoms with E-state index < -0.39 is 5.97 Å². The number of hydrogen-bond donors (Lipinski definition) is 1. The molecular weight excluding hydrogens is 294 g/mol. The van der Waals surface area contributed by atoms with Crippen LogP contribution in [0.1, 0.15) is 48.9 Å². The van der Waals surface area contributed by atoms with Gasteiger partial charge >= 0.3 is 0 Å². The molecular formula is C18H27NO4. The van der Waals surface area contributed by atoms with Gasteiger partial charge in [-0.1, -0.05) is 0 Å². The molecule has 0 spiro atoms. The number of unbranched alkanes of at least 4 members (excludes halogenated alkanes) is 3. The van der Waals surface area contributed by atoms with Crippen molar-refractivity contribution < 1.29 is 24.7 Å². The topological polar surface area (TPSA) is 75.2 Å². The highest BCUT2D eigenvalue weighted by atomic mass is 16.5. The van der Waals surface area contributed by atoms with Crippen LogP contribution in [0.15, 0.2) is 24.3 Å². The van der Waals surface area contributed by atoms with Crippen LogP contribution in [0, 0.1) is 0 Å². The molecule has 1 aromatic carbocycles. The van der Waals surface area contributed by atoms with E-state index in [0.29, 0.717) is 18.5 Å². The molecule has 5 nitrogen and oxygen atoms in total. The van der Waals surface area contributed by atoms with Crippen LogP contribution in [-0.4, -0.2) is 38.4 Å². The van der Waals surface area contributed by atoms with E-state index >= 15 is 0 Å². The second-order valence-electron chi connectivity index (χ2n) is 6.02. The minimum absolute atomic E-state index is 0.177. The molecule has 2 rings (SSSR count). The van der Waals surface area contributed by atoms with Crippen LogP contribution >= 0.6 is 0 Å². The number of aromatic carboxylic acids is 1. The van der Waals surface area contributed by atoms with Crippen molar-refractivity contribution in [3.63, 3.8) is 0 Å². The standard InChI is InChI=1S/C18H27NO4/c20-18(21)15-7-9-16(10-8-15)22-12-4-2-1-3-11-19-14-17-6-5-13-23-17/h7-10,17,19H,1-6,11-14H2,(H,20,21)/t17-/m0/s1. The number of hydrogen-bond acceptors (Lipinski definition) is 4. The van der Waals surface area contributed by atoms with Crippen LogP contribution in [0.2, 0.25) is 0 Å². The Morgan fingerprint density at radius 1 is 1.22 bits per heavy atom. The molecule has 0 radical (unpaired) electrons. The van der Waals surface area contributed by atoms with E-state index in [4.69, 9.17) is 9.47 Å². The molecule has 1 aromatic rings. The molecule has 128 valence electrons. The van der Waals surface area contributed by atoms with Crippen molar-refractivity contribution in [3.8, 4) is 5.75 Å². The number of carbonyl (C=O) groups is 1. The quantitative estimate of drug-likeness (QED) is 0.610. The number of benzene rings is 1. The van der Waals surface area contributed by atoms with E-state index in [0.717, 1.165) is 26.0 Å². The maximum atomic E-state index is 10.6. The molecule has 5 heteroatoms. The smallest absolute Gasteiger partial charge is 0.119 e. The zero-order valence-electron chi connectivity index (χ0n) is 13.7. The second kappa shape index (κ2) is 10.2. The van der Waals surface area contributed by atoms with Crippen LogP contribution in [0.25, 0.3) is 0 Å². The predicted octanol–water partition coefficient (Wildman–Crippen LogP) is 0.732. The Balaban J connectivity index is 1.42. The predicted molar refractivity (Wildman–Crippen MR) is 85.4 cm³/mol. The zero-order valence-corrected chi connectivity index (χ0v) is 13.7. The van der Waals surface area contributed by atoms with Crippen LogP contribution in [0.4, 0.5) is 0 Å². The van der Waals surface area contributed by atoms with Crippen LogP contribution < -0.4 is 15.2 Å². The van der Waals surface area contributed by atoms with Gasteiger partial charge < -0.3 is 24.7 Å². The van der Waals surface area contributed by atoms with Gasteiger partial charge in [-0.3, -0.25) is 0 Å². The van der Waals surface area contributed by atoms with E-state index in [2.05, 4.69) is 5.32 Å². The maximum absolute atomic E-state index is 10.6. The van der Waals surface area contributed by atoms with Gasteiger partial charge in [0.1, 0.15) is 18.4 Å². The Bertz CT molecular complexity index is 455. The lowest BCUT2D eigenvalue weighted by Gasteiger charge is -2.08. The highest BCUT2D eigenvalue weighted by Gasteiger charge is 2.16. The summed E-state index contributed by atoms with van der Waals surface area (Å²) in [6.07, 6.45) is 7.54. The number of ether oxygens (including phenoxy) is 2. The average Bonchev–Trinajstić information content (AvgIpc) is 3.07. The molecule has 1 saturated heterocycles. The summed E-state index contributed by atoms with van der Waals surface area (Å²) in [7, 11) is 0. The average molecular weight is 321 g/mol. The molecule has 0 saturated carbocycles. The third kappa shape index (κ3) is 7.01. The number of nitrogens with two attached hydrogens (primary N) is 1. The molecule has 2 N–H and O–H groups in total. The lowest BCUT2D eigenvalue weighted by molar-refractivity contribution is -0.661. The van der Waals surface area contributed by atoms with Gasteiger partial charge in [0.05, 0.1) is 19.1 Å². The Hall–Kier alpha value is -1.59. The Labute approximate surface area is 138 Å². The van der Waals surface area contributed by atoms with Crippen molar-refractivity contribution in [3.05, 3.63) is 29.8 Å². The SMILES string of the molecule is O=C([O-])c1ccc(OCCCCCC[NH2+]C[C@@H]2CCCO2)cc1. The maximum Gasteiger partial charge on any atom is 0.119 e. The minimum Gasteiger partial charge on any atom is -0.545 e. The third-order valence-corrected chi connectivity index (χ3v) is 4.11. The van der Waals surface area contributed by atoms with E-state index in [1.165, 1.54) is 44.4 Å². The molecule has 1 heterocycles. The van der Waals surface area contributed by atoms with Crippen molar-refractivity contribution in [2.75, 3.05) is 26.3 Å². The summed E-state index contributed by atoms with van der Waals surface area (Å²) in [5.74, 6) is -0.451. The number of carboxylic acid groups (broad SMARTS) is 1. The molecule has 1 aliphatic heterocycles. The van der Waals surface area contributed by atoms with E-state index in [9.17, 15) is 9.90 Å². The summed E-state index contributed by atoms with van der Waals surface area (Å²) >= 11 is 0. The lowest BCUT2D eigenvalue weighted by Crippen LogP contribution is -2.86. The van der Waals surface area contributed by atoms with Crippen molar-refractivity contribution in [1.82, 2.24) is 0 Å². The van der Waals surface area contributed by atoms with Gasteiger partial charge in [-0.25, -0.2) is 0 Å². The summed E-state index contributed by atoms with van der Waals surface area (Å²) in [6.45, 7) is 3.88. The number of carbonyl (C=O) groups excluding carboxylic acids is 1. The zero-order chi connectivity index (χ0) is 16.3. The first-order valence-corrected chi connectivity index (χ1v) is 8.63. The summed E-state index contributed by atoms with van der Waals surface area (Å²) < 4.78 is 11.2. The fourth-order valence-corrected chi connectivity index (χ4v) is 2.76. The van der Waals surface area contributed by atoms with Gasteiger partial charge in [0, 0.05) is 6.61 Å². The summed E-state index contributed by atoms with van der Waals surface area (Å²) in [6, 6.07) is 6.36. The Morgan fingerprint density at radius 2 is 2.00 bits per heavy atom. The summed E-state index contributed by atoms with van der Waals surface area (Å²) in [4.78, 5) is 10.6. The summed E-state index contributed by atoms with van der Waals surface area (Å²) in [5, 5.41) is 13.0. The molecule has 0 aliphatic carbocycles. The number of rotatable bonds is 11. The normalized spacial score (nSPS) is 17.3. The first-order valence-electron chi connectivity index (χ1n) is 8.63. The number of carboxylic acids is 1. The molecule has 0 aromatic heterocycles. The molecule has 0 amide bonds. The van der Waals surface area contributed by atoms with Gasteiger partial charge in [-0.15, -0.1) is 0 Å². The largest absolute Gasteiger partial charge is 0.545 e. The van der Waals surface area contributed by atoms with Gasteiger partial charge in [0.15, 0.2) is 0 Å². The monoisotopic (exact) mass is 321 g/mol. The molecule has 0 unspecified atom stereocenters. The van der Waals surface area contributed by atoms with E-state index in [-0.39, 0.29) is 5.56 Å². The lowest BCUT2D eigenvalue weighted by atomic mass is 10.2. The highest BCUT2D eigenvalue weighted by Crippen LogP contribution is 2.12. The van der Waals surface area contributed by atoms with Crippen LogP contribution in [-0.2, 0) is 4.74 Å². The van der Waals surface area contributed by atoms with Crippen molar-refractivity contribution in [2.24, 2.45) is 0 Å².